The molecule has 148 valence electrons. The molecule has 0 saturated carbocycles. The van der Waals surface area contributed by atoms with Crippen LogP contribution in [-0.4, -0.2) is 35.6 Å². The number of hydrogen-bond acceptors (Lipinski definition) is 5. The van der Waals surface area contributed by atoms with E-state index in [1.807, 2.05) is 24.3 Å². The van der Waals surface area contributed by atoms with Crippen LogP contribution in [0.3, 0.4) is 0 Å². The number of anilines is 2. The number of fused-ring (bicyclic) bond motifs is 1. The van der Waals surface area contributed by atoms with Crippen LogP contribution in [0.25, 0.3) is 0 Å². The predicted molar refractivity (Wildman–Crippen MR) is 108 cm³/mol. The molecule has 1 amide bonds. The number of ether oxygens (including phenoxy) is 1. The van der Waals surface area contributed by atoms with Crippen LogP contribution in [0.2, 0.25) is 0 Å². The van der Waals surface area contributed by atoms with Gasteiger partial charge in [0.25, 0.3) is 5.56 Å². The van der Waals surface area contributed by atoms with Crippen molar-refractivity contribution in [2.75, 3.05) is 29.9 Å². The highest BCUT2D eigenvalue weighted by atomic mass is 16.5. The molecule has 1 saturated heterocycles. The van der Waals surface area contributed by atoms with Gasteiger partial charge in [-0.1, -0.05) is 19.1 Å². The third kappa shape index (κ3) is 3.74. The van der Waals surface area contributed by atoms with Gasteiger partial charge in [-0.2, -0.15) is 4.98 Å². The topological polar surface area (TPSA) is 87.3 Å². The molecule has 1 atom stereocenters. The lowest BCUT2D eigenvalue weighted by Gasteiger charge is -2.29. The summed E-state index contributed by atoms with van der Waals surface area (Å²) in [5.74, 6) is 1.30. The quantitative estimate of drug-likeness (QED) is 0.830. The summed E-state index contributed by atoms with van der Waals surface area (Å²) in [7, 11) is 0. The first-order valence-corrected chi connectivity index (χ1v) is 10.1. The van der Waals surface area contributed by atoms with Crippen molar-refractivity contribution in [1.82, 2.24) is 9.97 Å². The maximum atomic E-state index is 12.9. The molecule has 0 bridgehead atoms. The smallest absolute Gasteiger partial charge is 0.258 e. The number of hydrogen-bond donors (Lipinski definition) is 2. The molecule has 2 aliphatic heterocycles. The van der Waals surface area contributed by atoms with Gasteiger partial charge in [0.15, 0.2) is 0 Å². The van der Waals surface area contributed by atoms with E-state index in [9.17, 15) is 9.59 Å². The standard InChI is InChI=1S/C21H26N4O3/c1-2-12-28-15-8-6-14(7-9-15)16-13-17(26)22-19-18(16)20(27)24-21(23-19)25-10-4-3-5-11-25/h6-9,16H,2-5,10-13H2,1H3,(H2,22,23,24,26,27)/t16-/m1/s1. The fraction of sp³-hybridized carbons (Fsp3) is 0.476. The third-order valence-corrected chi connectivity index (χ3v) is 5.35. The number of nitrogens with one attached hydrogen (secondary N) is 2. The Morgan fingerprint density at radius 2 is 1.89 bits per heavy atom. The molecular weight excluding hydrogens is 356 g/mol. The van der Waals surface area contributed by atoms with Crippen LogP contribution in [0, 0.1) is 0 Å². The molecule has 1 fully saturated rings. The average Bonchev–Trinajstić information content (AvgIpc) is 2.72. The van der Waals surface area contributed by atoms with E-state index < -0.39 is 0 Å². The monoisotopic (exact) mass is 382 g/mol. The molecule has 2 aliphatic rings. The fourth-order valence-corrected chi connectivity index (χ4v) is 3.92. The second kappa shape index (κ2) is 8.04. The maximum Gasteiger partial charge on any atom is 0.258 e. The third-order valence-electron chi connectivity index (χ3n) is 5.35. The Balaban J connectivity index is 1.66. The van der Waals surface area contributed by atoms with Crippen LogP contribution in [0.4, 0.5) is 11.8 Å². The molecule has 4 rings (SSSR count). The van der Waals surface area contributed by atoms with Gasteiger partial charge >= 0.3 is 0 Å². The Hall–Kier alpha value is -2.83. The van der Waals surface area contributed by atoms with Crippen molar-refractivity contribution in [3.8, 4) is 5.75 Å². The molecule has 2 N–H and O–H groups in total. The maximum absolute atomic E-state index is 12.9. The Kier molecular flexibility index (Phi) is 5.32. The van der Waals surface area contributed by atoms with E-state index >= 15 is 0 Å². The number of aromatic nitrogens is 2. The molecule has 7 heteroatoms. The van der Waals surface area contributed by atoms with E-state index in [2.05, 4.69) is 27.1 Å². The van der Waals surface area contributed by atoms with E-state index in [1.165, 1.54) is 6.42 Å². The molecule has 28 heavy (non-hydrogen) atoms. The van der Waals surface area contributed by atoms with Gasteiger partial charge in [0.1, 0.15) is 11.6 Å². The minimum Gasteiger partial charge on any atom is -0.494 e. The SMILES string of the molecule is CCCOc1ccc([C@H]2CC(=O)Nc3nc(N4CCCCC4)[nH]c(=O)c32)cc1. The van der Waals surface area contributed by atoms with Crippen molar-refractivity contribution in [2.24, 2.45) is 0 Å². The molecule has 0 spiro atoms. The summed E-state index contributed by atoms with van der Waals surface area (Å²) in [6.07, 6.45) is 4.54. The Morgan fingerprint density at radius 1 is 1.14 bits per heavy atom. The van der Waals surface area contributed by atoms with Gasteiger partial charge < -0.3 is 15.0 Å². The number of nitrogens with zero attached hydrogens (tertiary/aromatic N) is 2. The minimum atomic E-state index is -0.310. The van der Waals surface area contributed by atoms with Crippen molar-refractivity contribution in [3.63, 3.8) is 0 Å². The molecule has 7 nitrogen and oxygen atoms in total. The average molecular weight is 382 g/mol. The number of carbonyl (C=O) groups is 1. The number of aromatic amines is 1. The first-order chi connectivity index (χ1) is 13.7. The first kappa shape index (κ1) is 18.5. The molecule has 1 aromatic heterocycles. The highest BCUT2D eigenvalue weighted by Gasteiger charge is 2.31. The van der Waals surface area contributed by atoms with Crippen LogP contribution in [0.15, 0.2) is 29.1 Å². The van der Waals surface area contributed by atoms with Gasteiger partial charge in [-0.15, -0.1) is 0 Å². The molecule has 0 radical (unpaired) electrons. The zero-order valence-corrected chi connectivity index (χ0v) is 16.2. The van der Waals surface area contributed by atoms with Gasteiger partial charge in [-0.25, -0.2) is 0 Å². The number of H-pyrrole nitrogens is 1. The van der Waals surface area contributed by atoms with Gasteiger partial charge in [-0.3, -0.25) is 14.6 Å². The molecule has 1 aromatic carbocycles. The molecule has 3 heterocycles. The number of carbonyl (C=O) groups excluding carboxylic acids is 1. The van der Waals surface area contributed by atoms with Crippen molar-refractivity contribution in [1.29, 1.82) is 0 Å². The van der Waals surface area contributed by atoms with E-state index in [4.69, 9.17) is 4.74 Å². The Morgan fingerprint density at radius 3 is 2.61 bits per heavy atom. The summed E-state index contributed by atoms with van der Waals surface area (Å²) in [4.78, 5) is 34.9. The van der Waals surface area contributed by atoms with Crippen molar-refractivity contribution < 1.29 is 9.53 Å². The normalized spacial score (nSPS) is 19.1. The van der Waals surface area contributed by atoms with Gasteiger partial charge in [-0.05, 0) is 43.4 Å². The summed E-state index contributed by atoms with van der Waals surface area (Å²) in [5, 5.41) is 2.80. The molecule has 2 aromatic rings. The van der Waals surface area contributed by atoms with Crippen LogP contribution < -0.4 is 20.5 Å². The molecule has 0 unspecified atom stereocenters. The van der Waals surface area contributed by atoms with Crippen LogP contribution >= 0.6 is 0 Å². The Labute approximate surface area is 164 Å². The molecular formula is C21H26N4O3. The van der Waals surface area contributed by atoms with Crippen LogP contribution in [-0.2, 0) is 4.79 Å². The number of rotatable bonds is 5. The zero-order valence-electron chi connectivity index (χ0n) is 16.2. The van der Waals surface area contributed by atoms with Crippen molar-refractivity contribution in [2.45, 2.75) is 44.9 Å². The van der Waals surface area contributed by atoms with E-state index in [0.29, 0.717) is 23.9 Å². The summed E-state index contributed by atoms with van der Waals surface area (Å²) in [6.45, 7) is 4.47. The molecule has 0 aliphatic carbocycles. The zero-order chi connectivity index (χ0) is 19.5. The van der Waals surface area contributed by atoms with Crippen molar-refractivity contribution >= 4 is 17.7 Å². The lowest BCUT2D eigenvalue weighted by atomic mass is 9.87. The highest BCUT2D eigenvalue weighted by molar-refractivity contribution is 5.94. The van der Waals surface area contributed by atoms with E-state index in [1.54, 1.807) is 0 Å². The first-order valence-electron chi connectivity index (χ1n) is 10.1. The van der Waals surface area contributed by atoms with Crippen molar-refractivity contribution in [3.05, 3.63) is 45.7 Å². The summed E-state index contributed by atoms with van der Waals surface area (Å²) in [5.41, 5.74) is 1.27. The van der Waals surface area contributed by atoms with Crippen LogP contribution in [0.1, 0.15) is 56.1 Å². The second-order valence-electron chi connectivity index (χ2n) is 7.42. The number of benzene rings is 1. The number of piperidine rings is 1. The van der Waals surface area contributed by atoms with Gasteiger partial charge in [0.05, 0.1) is 12.2 Å². The predicted octanol–water partition coefficient (Wildman–Crippen LogP) is 3.02. The highest BCUT2D eigenvalue weighted by Crippen LogP contribution is 2.35. The lowest BCUT2D eigenvalue weighted by Crippen LogP contribution is -2.36. The van der Waals surface area contributed by atoms with Gasteiger partial charge in [0.2, 0.25) is 11.9 Å². The minimum absolute atomic E-state index is 0.119. The van der Waals surface area contributed by atoms with Gasteiger partial charge in [0, 0.05) is 25.4 Å². The van der Waals surface area contributed by atoms with Crippen LogP contribution in [0.5, 0.6) is 5.75 Å². The summed E-state index contributed by atoms with van der Waals surface area (Å²) < 4.78 is 5.63. The lowest BCUT2D eigenvalue weighted by molar-refractivity contribution is -0.116. The van der Waals surface area contributed by atoms with E-state index in [0.717, 1.165) is 43.7 Å². The number of amides is 1. The summed E-state index contributed by atoms with van der Waals surface area (Å²) in [6, 6.07) is 7.63. The Bertz CT molecular complexity index is 901. The fourth-order valence-electron chi connectivity index (χ4n) is 3.92. The summed E-state index contributed by atoms with van der Waals surface area (Å²) >= 11 is 0. The van der Waals surface area contributed by atoms with E-state index in [-0.39, 0.29) is 23.8 Å². The largest absolute Gasteiger partial charge is 0.494 e. The second-order valence-corrected chi connectivity index (χ2v) is 7.42.